The van der Waals surface area contributed by atoms with Crippen LogP contribution in [-0.2, 0) is 6.54 Å². The van der Waals surface area contributed by atoms with Gasteiger partial charge in [-0.2, -0.15) is 0 Å². The topological polar surface area (TPSA) is 37.8 Å². The van der Waals surface area contributed by atoms with Crippen LogP contribution in [0, 0.1) is 6.92 Å². The van der Waals surface area contributed by atoms with Crippen LogP contribution in [0.4, 0.5) is 8.78 Å². The third kappa shape index (κ3) is 1.77. The van der Waals surface area contributed by atoms with E-state index >= 15 is 0 Å². The molecule has 2 rings (SSSR count). The minimum Gasteiger partial charge on any atom is -0.279 e. The van der Waals surface area contributed by atoms with Crippen LogP contribution >= 0.6 is 0 Å². The van der Waals surface area contributed by atoms with Gasteiger partial charge in [0.1, 0.15) is 6.54 Å². The quantitative estimate of drug-likeness (QED) is 0.811. The minimum atomic E-state index is -2.47. The summed E-state index contributed by atoms with van der Waals surface area (Å²) in [5.74, 6) is 0. The van der Waals surface area contributed by atoms with E-state index in [1.807, 2.05) is 6.92 Å². The van der Waals surface area contributed by atoms with Crippen molar-refractivity contribution >= 4 is 10.9 Å². The van der Waals surface area contributed by atoms with Gasteiger partial charge >= 0.3 is 0 Å². The van der Waals surface area contributed by atoms with Crippen LogP contribution in [0.3, 0.4) is 0 Å². The predicted molar refractivity (Wildman–Crippen MR) is 53.3 cm³/mol. The number of nitrogens with zero attached hydrogens (tertiary/aromatic N) is 1. The summed E-state index contributed by atoms with van der Waals surface area (Å²) < 4.78 is 25.6. The fourth-order valence-corrected chi connectivity index (χ4v) is 1.59. The highest BCUT2D eigenvalue weighted by atomic mass is 19.3. The van der Waals surface area contributed by atoms with Gasteiger partial charge in [-0.05, 0) is 19.1 Å². The molecule has 0 atom stereocenters. The third-order valence-corrected chi connectivity index (χ3v) is 2.24. The molecule has 0 fully saturated rings. The van der Waals surface area contributed by atoms with Gasteiger partial charge in [0.15, 0.2) is 0 Å². The number of hydrogen-bond donors (Lipinski definition) is 1. The summed E-state index contributed by atoms with van der Waals surface area (Å²) in [4.78, 5) is 11.4. The summed E-state index contributed by atoms with van der Waals surface area (Å²) in [6, 6.07) is 5.15. The molecule has 1 aromatic heterocycles. The lowest BCUT2D eigenvalue weighted by Gasteiger charge is -2.02. The number of alkyl halides is 2. The molecule has 1 heterocycles. The Balaban J connectivity index is 2.63. The van der Waals surface area contributed by atoms with Gasteiger partial charge in [-0.1, -0.05) is 11.6 Å². The van der Waals surface area contributed by atoms with E-state index in [0.29, 0.717) is 10.9 Å². The number of fused-ring (bicyclic) bond motifs is 1. The molecular formula is C10H10F2N2O. The first-order valence-corrected chi connectivity index (χ1v) is 4.55. The van der Waals surface area contributed by atoms with Crippen molar-refractivity contribution in [1.29, 1.82) is 0 Å². The number of aryl methyl sites for hydroxylation is 1. The maximum atomic E-state index is 12.2. The second-order valence-electron chi connectivity index (χ2n) is 3.46. The van der Waals surface area contributed by atoms with Crippen molar-refractivity contribution in [3.63, 3.8) is 0 Å². The number of nitrogens with one attached hydrogen (secondary N) is 1. The maximum Gasteiger partial charge on any atom is 0.271 e. The number of benzene rings is 1. The smallest absolute Gasteiger partial charge is 0.271 e. The zero-order valence-corrected chi connectivity index (χ0v) is 8.13. The second kappa shape index (κ2) is 3.49. The van der Waals surface area contributed by atoms with Crippen molar-refractivity contribution in [3.8, 4) is 0 Å². The summed E-state index contributed by atoms with van der Waals surface area (Å²) in [5, 5.41) is 2.85. The van der Waals surface area contributed by atoms with Crippen LogP contribution in [-0.4, -0.2) is 16.2 Å². The average molecular weight is 212 g/mol. The zero-order chi connectivity index (χ0) is 11.0. The summed E-state index contributed by atoms with van der Waals surface area (Å²) in [6.45, 7) is 1.37. The molecule has 0 aliphatic rings. The van der Waals surface area contributed by atoms with E-state index in [0.717, 1.165) is 5.56 Å². The molecule has 0 radical (unpaired) electrons. The molecule has 3 nitrogen and oxygen atoms in total. The van der Waals surface area contributed by atoms with Crippen molar-refractivity contribution < 1.29 is 8.78 Å². The maximum absolute atomic E-state index is 12.2. The SMILES string of the molecule is Cc1ccc2c(c1)c(=O)[nH]n2CC(F)F. The Hall–Kier alpha value is -1.65. The monoisotopic (exact) mass is 212 g/mol. The molecule has 0 aliphatic carbocycles. The number of H-pyrrole nitrogens is 1. The minimum absolute atomic E-state index is 0.325. The van der Waals surface area contributed by atoms with Crippen LogP contribution in [0.1, 0.15) is 5.56 Å². The molecule has 5 heteroatoms. The number of halogens is 2. The van der Waals surface area contributed by atoms with Crippen LogP contribution in [0.5, 0.6) is 0 Å². The molecule has 0 amide bonds. The van der Waals surface area contributed by atoms with Crippen LogP contribution < -0.4 is 5.56 Å². The van der Waals surface area contributed by atoms with E-state index in [2.05, 4.69) is 5.10 Å². The molecule has 1 N–H and O–H groups in total. The summed E-state index contributed by atoms with van der Waals surface area (Å²) in [7, 11) is 0. The van der Waals surface area contributed by atoms with E-state index in [9.17, 15) is 13.6 Å². The number of rotatable bonds is 2. The first-order chi connectivity index (χ1) is 7.08. The highest BCUT2D eigenvalue weighted by Gasteiger charge is 2.10. The largest absolute Gasteiger partial charge is 0.279 e. The molecule has 15 heavy (non-hydrogen) atoms. The molecule has 0 spiro atoms. The summed E-state index contributed by atoms with van der Waals surface area (Å²) in [6.07, 6.45) is -2.47. The van der Waals surface area contributed by atoms with Crippen LogP contribution in [0.25, 0.3) is 10.9 Å². The van der Waals surface area contributed by atoms with Crippen LogP contribution in [0.2, 0.25) is 0 Å². The van der Waals surface area contributed by atoms with E-state index in [4.69, 9.17) is 0 Å². The molecule has 2 aromatic rings. The number of aromatic nitrogens is 2. The summed E-state index contributed by atoms with van der Waals surface area (Å²) >= 11 is 0. The normalized spacial score (nSPS) is 11.5. The van der Waals surface area contributed by atoms with Gasteiger partial charge in [0.05, 0.1) is 10.9 Å². The van der Waals surface area contributed by atoms with Crippen molar-refractivity contribution in [1.82, 2.24) is 9.78 Å². The lowest BCUT2D eigenvalue weighted by atomic mass is 10.2. The highest BCUT2D eigenvalue weighted by molar-refractivity contribution is 5.79. The van der Waals surface area contributed by atoms with Crippen molar-refractivity contribution in [2.75, 3.05) is 0 Å². The first kappa shape index (κ1) is 9.89. The van der Waals surface area contributed by atoms with Crippen molar-refractivity contribution in [3.05, 3.63) is 34.1 Å². The van der Waals surface area contributed by atoms with Crippen LogP contribution in [0.15, 0.2) is 23.0 Å². The van der Waals surface area contributed by atoms with Gasteiger partial charge < -0.3 is 0 Å². The Bertz CT molecular complexity index is 542. The van der Waals surface area contributed by atoms with E-state index in [1.165, 1.54) is 4.68 Å². The van der Waals surface area contributed by atoms with Crippen molar-refractivity contribution in [2.24, 2.45) is 0 Å². The number of aromatic amines is 1. The van der Waals surface area contributed by atoms with Gasteiger partial charge in [-0.3, -0.25) is 14.6 Å². The molecule has 0 saturated carbocycles. The second-order valence-corrected chi connectivity index (χ2v) is 3.46. The highest BCUT2D eigenvalue weighted by Crippen LogP contribution is 2.12. The Morgan fingerprint density at radius 3 is 2.87 bits per heavy atom. The lowest BCUT2D eigenvalue weighted by molar-refractivity contribution is 0.123. The van der Waals surface area contributed by atoms with Crippen molar-refractivity contribution in [2.45, 2.75) is 19.9 Å². The Kier molecular flexibility index (Phi) is 2.30. The molecule has 0 saturated heterocycles. The summed E-state index contributed by atoms with van der Waals surface area (Å²) in [5.41, 5.74) is 1.13. The first-order valence-electron chi connectivity index (χ1n) is 4.55. The average Bonchev–Trinajstić information content (AvgIpc) is 2.42. The standard InChI is InChI=1S/C10H10F2N2O/c1-6-2-3-8-7(4-6)10(15)13-14(8)5-9(11)12/h2-4,9H,5H2,1H3,(H,13,15). The fraction of sp³-hybridized carbons (Fsp3) is 0.300. The van der Waals surface area contributed by atoms with E-state index in [-0.39, 0.29) is 5.56 Å². The lowest BCUT2D eigenvalue weighted by Crippen LogP contribution is -2.11. The number of hydrogen-bond acceptors (Lipinski definition) is 1. The van der Waals surface area contributed by atoms with Gasteiger partial charge in [0.25, 0.3) is 12.0 Å². The Morgan fingerprint density at radius 2 is 2.20 bits per heavy atom. The third-order valence-electron chi connectivity index (χ3n) is 2.24. The van der Waals surface area contributed by atoms with Gasteiger partial charge in [-0.25, -0.2) is 8.78 Å². The molecule has 0 aliphatic heterocycles. The van der Waals surface area contributed by atoms with E-state index < -0.39 is 13.0 Å². The molecule has 1 aromatic carbocycles. The van der Waals surface area contributed by atoms with E-state index in [1.54, 1.807) is 18.2 Å². The zero-order valence-electron chi connectivity index (χ0n) is 8.13. The molecular weight excluding hydrogens is 202 g/mol. The molecule has 0 unspecified atom stereocenters. The predicted octanol–water partition coefficient (Wildman–Crippen LogP) is 1.90. The van der Waals surface area contributed by atoms with Gasteiger partial charge in [-0.15, -0.1) is 0 Å². The Morgan fingerprint density at radius 1 is 1.47 bits per heavy atom. The Labute approximate surface area is 84.3 Å². The molecule has 80 valence electrons. The molecule has 0 bridgehead atoms. The van der Waals surface area contributed by atoms with Gasteiger partial charge in [0, 0.05) is 0 Å². The van der Waals surface area contributed by atoms with Gasteiger partial charge in [0.2, 0.25) is 0 Å². The fourth-order valence-electron chi connectivity index (χ4n) is 1.59.